The van der Waals surface area contributed by atoms with E-state index in [1.54, 1.807) is 10.6 Å². The molecule has 2 amide bonds. The molecule has 282 valence electrons. The summed E-state index contributed by atoms with van der Waals surface area (Å²) in [5.41, 5.74) is -0.780. The summed E-state index contributed by atoms with van der Waals surface area (Å²) < 4.78 is 63.8. The molecule has 0 aliphatic carbocycles. The van der Waals surface area contributed by atoms with Gasteiger partial charge >= 0.3 is 23.5 Å². The first kappa shape index (κ1) is 47.0. The molecule has 3 aromatic heterocycles. The molecule has 1 fully saturated rings. The van der Waals surface area contributed by atoms with Crippen molar-refractivity contribution in [1.29, 1.82) is 0 Å². The number of aliphatic hydroxyl groups is 2. The number of ether oxygens (including phenoxy) is 1. The minimum absolute atomic E-state index is 0. The Balaban J connectivity index is 0.00000468. The number of nitrogens with zero attached hydrogens (tertiary/aromatic N) is 5. The van der Waals surface area contributed by atoms with Gasteiger partial charge in [-0.25, -0.2) is 28.6 Å². The normalized spacial score (nSPS) is 22.2. The zero-order valence-corrected chi connectivity index (χ0v) is 31.8. The first-order valence-electron chi connectivity index (χ1n) is 14.4. The van der Waals surface area contributed by atoms with Crippen molar-refractivity contribution in [2.45, 2.75) is 50.9 Å². The molecule has 29 heteroatoms. The van der Waals surface area contributed by atoms with Crippen molar-refractivity contribution in [1.82, 2.24) is 34.6 Å². The number of aromatic nitrogens is 5. The second-order valence-corrected chi connectivity index (χ2v) is 16.1. The van der Waals surface area contributed by atoms with Gasteiger partial charge in [0.1, 0.15) is 30.7 Å². The number of phosphoric acid groups is 3. The zero-order chi connectivity index (χ0) is 37.1. The Bertz CT molecular complexity index is 1830. The van der Waals surface area contributed by atoms with E-state index in [0.717, 1.165) is 0 Å². The molecular weight excluding hydrogens is 769 g/mol. The first-order valence-corrected chi connectivity index (χ1v) is 19.6. The van der Waals surface area contributed by atoms with Gasteiger partial charge in [0.2, 0.25) is 11.8 Å². The molecule has 1 aliphatic heterocycles. The van der Waals surface area contributed by atoms with Crippen LogP contribution >= 0.6 is 36.1 Å². The van der Waals surface area contributed by atoms with Crippen LogP contribution in [0.4, 0.5) is 0 Å². The van der Waals surface area contributed by atoms with E-state index in [-0.39, 0.29) is 67.8 Å². The van der Waals surface area contributed by atoms with Crippen LogP contribution in [0.5, 0.6) is 0 Å². The molecule has 8 N–H and O–H groups in total. The van der Waals surface area contributed by atoms with E-state index in [2.05, 4.69) is 47.0 Å². The number of carbonyl (C=O) groups excluding carboxylic acids is 2. The van der Waals surface area contributed by atoms with Crippen molar-refractivity contribution in [3.8, 4) is 0 Å². The van der Waals surface area contributed by atoms with Gasteiger partial charge in [-0.1, -0.05) is 13.8 Å². The van der Waals surface area contributed by atoms with Gasteiger partial charge in [0.15, 0.2) is 23.0 Å². The van der Waals surface area contributed by atoms with E-state index in [0.29, 0.717) is 17.9 Å². The Hall–Kier alpha value is -1.18. The average Bonchev–Trinajstić information content (AvgIpc) is 3.74. The minimum atomic E-state index is -5.54. The third-order valence-electron chi connectivity index (χ3n) is 7.08. The smallest absolute Gasteiger partial charge is 0.386 e. The fraction of sp³-hybridized carbons (Fsp3) is 0.609. The molecule has 4 heterocycles. The molecule has 23 nitrogen and oxygen atoms in total. The Morgan fingerprint density at radius 1 is 1.02 bits per heavy atom. The van der Waals surface area contributed by atoms with Crippen molar-refractivity contribution in [3.63, 3.8) is 0 Å². The van der Waals surface area contributed by atoms with Gasteiger partial charge in [0.25, 0.3) is 0 Å². The maximum Gasteiger partial charge on any atom is 0.481 e. The summed E-state index contributed by atoms with van der Waals surface area (Å²) >= 11 is 3.95. The van der Waals surface area contributed by atoms with E-state index in [4.69, 9.17) is 13.8 Å². The Morgan fingerprint density at radius 3 is 2.35 bits per heavy atom. The van der Waals surface area contributed by atoms with Crippen molar-refractivity contribution in [2.75, 3.05) is 32.1 Å². The van der Waals surface area contributed by atoms with Crippen molar-refractivity contribution in [3.05, 3.63) is 25.0 Å². The van der Waals surface area contributed by atoms with Gasteiger partial charge in [0.05, 0.1) is 19.5 Å². The predicted molar refractivity (Wildman–Crippen MR) is 182 cm³/mol. The number of nitrogens with one attached hydrogen (secondary N) is 2. The molecule has 1 aliphatic rings. The molecule has 7 atom stereocenters. The summed E-state index contributed by atoms with van der Waals surface area (Å²) in [4.78, 5) is 75.8. The number of fused-ring (bicyclic) bond motifs is 3. The van der Waals surface area contributed by atoms with Crippen molar-refractivity contribution in [2.24, 2.45) is 5.41 Å². The number of thiol groups is 1. The topological polar surface area (TPSA) is 325 Å². The average molecular weight is 805 g/mol. The number of amides is 2. The van der Waals surface area contributed by atoms with Crippen LogP contribution < -0.4 is 10.6 Å². The summed E-state index contributed by atoms with van der Waals surface area (Å²) in [7, 11) is -16.3. The van der Waals surface area contributed by atoms with Crippen LogP contribution in [-0.4, -0.2) is 160 Å². The van der Waals surface area contributed by atoms with Crippen LogP contribution in [0.25, 0.3) is 16.8 Å². The third-order valence-corrected chi connectivity index (χ3v) is 10.4. The van der Waals surface area contributed by atoms with Crippen LogP contribution in [0.15, 0.2) is 25.0 Å². The van der Waals surface area contributed by atoms with E-state index < -0.39 is 78.6 Å². The number of hydrogen-bond donors (Lipinski definition) is 9. The van der Waals surface area contributed by atoms with E-state index in [1.807, 2.05) is 0 Å². The van der Waals surface area contributed by atoms with Gasteiger partial charge in [-0.3, -0.25) is 32.1 Å². The van der Waals surface area contributed by atoms with Crippen molar-refractivity contribution >= 4 is 102 Å². The minimum Gasteiger partial charge on any atom is -0.386 e. The summed E-state index contributed by atoms with van der Waals surface area (Å²) in [6, 6.07) is 0. The SMILES string of the molecule is CC(C)(COP(=O)(O)OP(=O)(O)OC[C@H]1O[C@@H](n2cnc3c2ncn2ccnc32)[C@H](O)[C@@H]1OP(=O)(O)O)[C@@H](O)C(=O)NCCC(=O)NCCS.[Li].[Li]. The monoisotopic (exact) mass is 805 g/mol. The van der Waals surface area contributed by atoms with Crippen molar-refractivity contribution < 1.29 is 75.7 Å². The quantitative estimate of drug-likeness (QED) is 0.0391. The van der Waals surface area contributed by atoms with Gasteiger partial charge in [-0.05, 0) is 0 Å². The van der Waals surface area contributed by atoms with Gasteiger partial charge < -0.3 is 45.2 Å². The molecule has 0 aromatic carbocycles. The van der Waals surface area contributed by atoms with Crippen LogP contribution in [0.3, 0.4) is 0 Å². The maximum absolute atomic E-state index is 12.7. The Labute approximate surface area is 324 Å². The number of imidazole rings is 2. The van der Waals surface area contributed by atoms with E-state index >= 15 is 0 Å². The predicted octanol–water partition coefficient (Wildman–Crippen LogP) is -1.76. The molecule has 52 heavy (non-hydrogen) atoms. The largest absolute Gasteiger partial charge is 0.481 e. The second-order valence-electron chi connectivity index (χ2n) is 11.4. The molecular formula is C23H36Li2N7O16P3S. The fourth-order valence-corrected chi connectivity index (χ4v) is 7.55. The second kappa shape index (κ2) is 19.1. The summed E-state index contributed by atoms with van der Waals surface area (Å²) in [6.45, 7) is 0.762. The fourth-order valence-electron chi connectivity index (χ4n) is 4.61. The molecule has 2 unspecified atom stereocenters. The van der Waals surface area contributed by atoms with E-state index in [1.165, 1.54) is 37.3 Å². The summed E-state index contributed by atoms with van der Waals surface area (Å²) in [5, 5.41) is 26.3. The van der Waals surface area contributed by atoms with Crippen LogP contribution in [-0.2, 0) is 45.9 Å². The van der Waals surface area contributed by atoms with Crippen LogP contribution in [0, 0.1) is 5.41 Å². The van der Waals surface area contributed by atoms with Gasteiger partial charge in [-0.2, -0.15) is 16.9 Å². The third kappa shape index (κ3) is 12.4. The standard InChI is InChI=1S/C23H36N7O16P3S.2Li/c1-23(2,18(33)21(34)26-4-3-14(31)24-6-8-50)10-43-49(40,41)46-48(38,39)42-9-13-17(45-47(35,36)37)16(32)22(44-13)30-12-27-15-19-25-5-7-29(19)11-28-20(15)30;;/h5,7,11-13,16-18,22,32-33,50H,3-4,6,8-10H2,1-2H3,(H,24,31)(H,26,34)(H,38,39)(H,40,41)(H2,35,36,37);;/t13-,16-,17-,18+,22-;;/m1../s1. The molecule has 1 saturated heterocycles. The maximum atomic E-state index is 12.7. The summed E-state index contributed by atoms with van der Waals surface area (Å²) in [5.74, 6) is -0.898. The molecule has 0 spiro atoms. The first-order chi connectivity index (χ1) is 23.2. The van der Waals surface area contributed by atoms with E-state index in [9.17, 15) is 53.1 Å². The number of rotatable bonds is 18. The van der Waals surface area contributed by atoms with Gasteiger partial charge in [0, 0.05) is 80.8 Å². The van der Waals surface area contributed by atoms with Crippen LogP contribution in [0.2, 0.25) is 0 Å². The zero-order valence-electron chi connectivity index (χ0n) is 28.2. The number of hydrogen-bond acceptors (Lipinski definition) is 16. The number of phosphoric ester groups is 3. The van der Waals surface area contributed by atoms with Gasteiger partial charge in [-0.15, -0.1) is 0 Å². The number of carbonyl (C=O) groups is 2. The Kier molecular flexibility index (Phi) is 17.3. The molecule has 0 saturated carbocycles. The molecule has 2 radical (unpaired) electrons. The summed E-state index contributed by atoms with van der Waals surface area (Å²) in [6.07, 6.45) is -3.17. The Morgan fingerprint density at radius 2 is 1.69 bits per heavy atom. The molecule has 4 rings (SSSR count). The number of aliphatic hydroxyl groups excluding tert-OH is 2. The molecule has 3 aromatic rings. The van der Waals surface area contributed by atoms with Crippen LogP contribution in [0.1, 0.15) is 26.5 Å². The molecule has 0 bridgehead atoms.